The molecule has 3 fully saturated rings. The highest BCUT2D eigenvalue weighted by Gasteiger charge is 2.29. The Morgan fingerprint density at radius 1 is 1.00 bits per heavy atom. The van der Waals surface area contributed by atoms with Crippen LogP contribution in [0.15, 0.2) is 30.3 Å². The Kier molecular flexibility index (Phi) is 5.21. The largest absolute Gasteiger partial charge is 0.496 e. The van der Waals surface area contributed by atoms with Crippen LogP contribution in [0.1, 0.15) is 31.2 Å². The van der Waals surface area contributed by atoms with E-state index in [1.54, 1.807) is 20.3 Å². The minimum atomic E-state index is 0.498. The number of nitrogens with zero attached hydrogens (tertiary/aromatic N) is 2. The van der Waals surface area contributed by atoms with Gasteiger partial charge in [-0.3, -0.25) is 4.90 Å². The van der Waals surface area contributed by atoms with Gasteiger partial charge in [0.25, 0.3) is 0 Å². The van der Waals surface area contributed by atoms with E-state index in [0.29, 0.717) is 5.82 Å². The first kappa shape index (κ1) is 18.1. The van der Waals surface area contributed by atoms with Gasteiger partial charge in [0.15, 0.2) is 0 Å². The van der Waals surface area contributed by atoms with Crippen LogP contribution in [0.4, 0.5) is 5.82 Å². The predicted octanol–water partition coefficient (Wildman–Crippen LogP) is 3.97. The van der Waals surface area contributed by atoms with Crippen LogP contribution in [-0.2, 0) is 6.54 Å². The molecule has 0 spiro atoms. The summed E-state index contributed by atoms with van der Waals surface area (Å²) < 4.78 is 11.4. The highest BCUT2D eigenvalue weighted by atomic mass is 16.5. The summed E-state index contributed by atoms with van der Waals surface area (Å²) in [4.78, 5) is 7.05. The molecule has 1 saturated carbocycles. The molecule has 0 unspecified atom stereocenters. The first-order valence-electron chi connectivity index (χ1n) is 9.86. The minimum absolute atomic E-state index is 0.498. The molecule has 5 rings (SSSR count). The first-order chi connectivity index (χ1) is 13.2. The van der Waals surface area contributed by atoms with E-state index < -0.39 is 0 Å². The summed E-state index contributed by atoms with van der Waals surface area (Å²) in [5.74, 6) is 3.89. The molecule has 0 atom stereocenters. The third-order valence-electron chi connectivity index (χ3n) is 6.04. The summed E-state index contributed by atoms with van der Waals surface area (Å²) in [6, 6.07) is 9.77. The zero-order valence-electron chi connectivity index (χ0n) is 16.3. The van der Waals surface area contributed by atoms with Gasteiger partial charge in [-0.15, -0.1) is 0 Å². The second kappa shape index (κ2) is 7.77. The maximum atomic E-state index is 5.87. The minimum Gasteiger partial charge on any atom is -0.496 e. The van der Waals surface area contributed by atoms with E-state index in [1.165, 1.54) is 44.3 Å². The number of hydrogen-bond donors (Lipinski definition) is 1. The molecule has 2 aliphatic heterocycles. The van der Waals surface area contributed by atoms with Gasteiger partial charge < -0.3 is 15.2 Å². The number of pyridine rings is 1. The van der Waals surface area contributed by atoms with Crippen LogP contribution in [-0.4, -0.2) is 37.2 Å². The monoisotopic (exact) mass is 367 g/mol. The molecule has 2 aromatic rings. The van der Waals surface area contributed by atoms with Gasteiger partial charge in [-0.05, 0) is 61.8 Å². The molecular weight excluding hydrogens is 338 g/mol. The van der Waals surface area contributed by atoms with E-state index in [2.05, 4.69) is 16.0 Å². The Balaban J connectivity index is 1.65. The van der Waals surface area contributed by atoms with Crippen molar-refractivity contribution in [2.24, 2.45) is 11.8 Å². The van der Waals surface area contributed by atoms with Gasteiger partial charge in [0.1, 0.15) is 17.3 Å². The summed E-state index contributed by atoms with van der Waals surface area (Å²) in [6.07, 6.45) is 5.56. The van der Waals surface area contributed by atoms with Gasteiger partial charge in [-0.1, -0.05) is 6.07 Å². The number of aromatic nitrogens is 1. The Morgan fingerprint density at radius 3 is 2.26 bits per heavy atom. The normalized spacial score (nSPS) is 22.4. The average molecular weight is 367 g/mol. The highest BCUT2D eigenvalue weighted by Crippen LogP contribution is 2.38. The van der Waals surface area contributed by atoms with Crippen molar-refractivity contribution in [3.63, 3.8) is 0 Å². The average Bonchev–Trinajstić information content (AvgIpc) is 3.00. The molecule has 1 aliphatic carbocycles. The Bertz CT molecular complexity index is 786. The molecule has 5 nitrogen and oxygen atoms in total. The second-order valence-electron chi connectivity index (χ2n) is 7.89. The van der Waals surface area contributed by atoms with Crippen LogP contribution in [0.25, 0.3) is 11.3 Å². The third kappa shape index (κ3) is 3.88. The lowest BCUT2D eigenvalue weighted by Gasteiger charge is -2.24. The van der Waals surface area contributed by atoms with Gasteiger partial charge in [0.05, 0.1) is 19.9 Å². The van der Waals surface area contributed by atoms with Crippen molar-refractivity contribution in [1.29, 1.82) is 0 Å². The van der Waals surface area contributed by atoms with Crippen molar-refractivity contribution in [1.82, 2.24) is 9.88 Å². The lowest BCUT2D eigenvalue weighted by molar-refractivity contribution is 0.240. The smallest absolute Gasteiger partial charge is 0.128 e. The standard InChI is InChI=1S/C22H29N3O2/c1-26-20-11-18(19-4-3-5-22(23)24-19)21(27-2)10-17(20)14-25-12-15-6-7-16(13-25)9-8-15/h3-5,10-11,15-16H,6-9,12-14H2,1-2H3,(H2,23,24). The Morgan fingerprint density at radius 2 is 1.67 bits per heavy atom. The topological polar surface area (TPSA) is 60.6 Å². The van der Waals surface area contributed by atoms with Crippen LogP contribution in [0.2, 0.25) is 0 Å². The molecule has 1 aromatic carbocycles. The second-order valence-corrected chi connectivity index (χ2v) is 7.89. The molecular formula is C22H29N3O2. The van der Waals surface area contributed by atoms with Gasteiger partial charge in [0, 0.05) is 30.8 Å². The summed E-state index contributed by atoms with van der Waals surface area (Å²) in [6.45, 7) is 3.29. The van der Waals surface area contributed by atoms with Gasteiger partial charge in [-0.25, -0.2) is 4.98 Å². The molecule has 2 saturated heterocycles. The molecule has 0 radical (unpaired) electrons. The van der Waals surface area contributed by atoms with Crippen molar-refractivity contribution in [3.8, 4) is 22.8 Å². The van der Waals surface area contributed by atoms with Crippen molar-refractivity contribution in [3.05, 3.63) is 35.9 Å². The summed E-state index contributed by atoms with van der Waals surface area (Å²) in [5, 5.41) is 0. The van der Waals surface area contributed by atoms with E-state index in [4.69, 9.17) is 15.2 Å². The number of ether oxygens (including phenoxy) is 2. The Hall–Kier alpha value is -2.27. The van der Waals surface area contributed by atoms with Crippen molar-refractivity contribution in [2.75, 3.05) is 33.0 Å². The molecule has 2 N–H and O–H groups in total. The summed E-state index contributed by atoms with van der Waals surface area (Å²) in [5.41, 5.74) is 8.74. The van der Waals surface area contributed by atoms with E-state index in [1.807, 2.05) is 18.2 Å². The molecule has 1 aromatic heterocycles. The molecule has 3 heterocycles. The highest BCUT2D eigenvalue weighted by molar-refractivity contribution is 5.71. The molecule has 3 aliphatic rings. The van der Waals surface area contributed by atoms with Gasteiger partial charge in [-0.2, -0.15) is 0 Å². The van der Waals surface area contributed by atoms with Crippen molar-refractivity contribution < 1.29 is 9.47 Å². The van der Waals surface area contributed by atoms with Crippen molar-refractivity contribution in [2.45, 2.75) is 32.2 Å². The maximum absolute atomic E-state index is 5.87. The van der Waals surface area contributed by atoms with Crippen LogP contribution in [0.3, 0.4) is 0 Å². The van der Waals surface area contributed by atoms with Gasteiger partial charge >= 0.3 is 0 Å². The Labute approximate surface area is 161 Å². The quantitative estimate of drug-likeness (QED) is 0.866. The zero-order chi connectivity index (χ0) is 18.8. The SMILES string of the molecule is COc1cc(-c2cccc(N)n2)c(OC)cc1CN1CC2CCC(CC2)C1. The lowest BCUT2D eigenvalue weighted by Crippen LogP contribution is -2.28. The number of benzene rings is 1. The number of fused-ring (bicyclic) bond motifs is 4. The molecule has 0 amide bonds. The fourth-order valence-corrected chi connectivity index (χ4v) is 4.66. The number of anilines is 1. The summed E-state index contributed by atoms with van der Waals surface area (Å²) in [7, 11) is 3.43. The van der Waals surface area contributed by atoms with Crippen LogP contribution < -0.4 is 15.2 Å². The van der Waals surface area contributed by atoms with E-state index in [-0.39, 0.29) is 0 Å². The lowest BCUT2D eigenvalue weighted by atomic mass is 9.84. The number of methoxy groups -OCH3 is 2. The van der Waals surface area contributed by atoms with Gasteiger partial charge in [0.2, 0.25) is 0 Å². The predicted molar refractivity (Wildman–Crippen MR) is 108 cm³/mol. The number of hydrogen-bond acceptors (Lipinski definition) is 5. The fraction of sp³-hybridized carbons (Fsp3) is 0.500. The molecule has 27 heavy (non-hydrogen) atoms. The zero-order valence-corrected chi connectivity index (χ0v) is 16.3. The number of rotatable bonds is 5. The van der Waals surface area contributed by atoms with Crippen LogP contribution in [0, 0.1) is 11.8 Å². The maximum Gasteiger partial charge on any atom is 0.128 e. The van der Waals surface area contributed by atoms with Crippen LogP contribution in [0.5, 0.6) is 11.5 Å². The third-order valence-corrected chi connectivity index (χ3v) is 6.04. The fourth-order valence-electron chi connectivity index (χ4n) is 4.66. The molecule has 144 valence electrons. The summed E-state index contributed by atoms with van der Waals surface area (Å²) >= 11 is 0. The number of nitrogen functional groups attached to an aromatic ring is 1. The van der Waals surface area contributed by atoms with Crippen molar-refractivity contribution >= 4 is 5.82 Å². The number of nitrogens with two attached hydrogens (primary N) is 1. The molecule has 5 heteroatoms. The van der Waals surface area contributed by atoms with E-state index >= 15 is 0 Å². The van der Waals surface area contributed by atoms with Crippen LogP contribution >= 0.6 is 0 Å². The van der Waals surface area contributed by atoms with E-state index in [9.17, 15) is 0 Å². The molecule has 2 bridgehead atoms. The first-order valence-corrected chi connectivity index (χ1v) is 9.86. The van der Waals surface area contributed by atoms with E-state index in [0.717, 1.165) is 41.1 Å².